The van der Waals surface area contributed by atoms with E-state index >= 15 is 0 Å². The minimum absolute atomic E-state index is 0.00526. The Hall–Kier alpha value is -3.33. The number of unbranched alkanes of at least 4 members (excludes halogenated alkanes) is 3. The lowest BCUT2D eigenvalue weighted by Crippen LogP contribution is -2.15. The molecule has 0 spiro atoms. The standard InChI is InChI=1S/C29H34O2.C6H11N/c1-5-6-7-11-18-25(24-17-13-12-14-20(24)2)29-27(31)19-26(30)28(29)22(4)21(3)23-15-9-8-10-16-23;1-4-5-7-6(2)3/h8-10,12-18,21-22H,5-7,11,19H2,1-4H3;4-5H,1-3H3/b25-18+;5-4-/t21-,22?;/m0./s1. The number of carbonyl (C=O) groups excluding carboxylic acids is 2. The van der Waals surface area contributed by atoms with Crippen molar-refractivity contribution in [2.75, 3.05) is 0 Å². The molecule has 0 N–H and O–H groups in total. The maximum absolute atomic E-state index is 13.2. The number of ketones is 2. The number of rotatable bonds is 10. The molecule has 202 valence electrons. The molecule has 3 heteroatoms. The van der Waals surface area contributed by atoms with Crippen molar-refractivity contribution in [1.29, 1.82) is 0 Å². The van der Waals surface area contributed by atoms with Gasteiger partial charge in [0.2, 0.25) is 0 Å². The Bertz CT molecular complexity index is 1190. The lowest BCUT2D eigenvalue weighted by molar-refractivity contribution is -0.121. The fourth-order valence-corrected chi connectivity index (χ4v) is 4.78. The van der Waals surface area contributed by atoms with E-state index in [9.17, 15) is 9.59 Å². The first-order valence-electron chi connectivity index (χ1n) is 14.0. The zero-order chi connectivity index (χ0) is 28.1. The van der Waals surface area contributed by atoms with E-state index in [-0.39, 0.29) is 29.8 Å². The first-order valence-corrected chi connectivity index (χ1v) is 14.0. The van der Waals surface area contributed by atoms with Crippen molar-refractivity contribution >= 4 is 22.9 Å². The predicted octanol–water partition coefficient (Wildman–Crippen LogP) is 9.24. The first-order chi connectivity index (χ1) is 18.2. The number of carbonyl (C=O) groups is 2. The summed E-state index contributed by atoms with van der Waals surface area (Å²) >= 11 is 0. The van der Waals surface area contributed by atoms with Gasteiger partial charge in [0.25, 0.3) is 0 Å². The van der Waals surface area contributed by atoms with Crippen molar-refractivity contribution < 1.29 is 9.59 Å². The van der Waals surface area contributed by atoms with Crippen LogP contribution in [0, 0.1) is 12.8 Å². The average Bonchev–Trinajstić information content (AvgIpc) is 3.21. The minimum Gasteiger partial charge on any atom is -0.294 e. The topological polar surface area (TPSA) is 46.5 Å². The van der Waals surface area contributed by atoms with Crippen LogP contribution in [0.25, 0.3) is 5.57 Å². The van der Waals surface area contributed by atoms with Crippen LogP contribution in [-0.2, 0) is 9.59 Å². The minimum atomic E-state index is -0.0305. The summed E-state index contributed by atoms with van der Waals surface area (Å²) in [6.07, 6.45) is 10.2. The van der Waals surface area contributed by atoms with Crippen molar-refractivity contribution in [1.82, 2.24) is 0 Å². The van der Waals surface area contributed by atoms with Gasteiger partial charge in [0.05, 0.1) is 6.42 Å². The van der Waals surface area contributed by atoms with Crippen LogP contribution in [-0.4, -0.2) is 17.3 Å². The molecule has 1 aliphatic rings. The summed E-state index contributed by atoms with van der Waals surface area (Å²) in [5.41, 5.74) is 6.81. The molecule has 0 aliphatic heterocycles. The van der Waals surface area contributed by atoms with Gasteiger partial charge in [-0.2, -0.15) is 0 Å². The molecule has 0 amide bonds. The Morgan fingerprint density at radius 2 is 1.58 bits per heavy atom. The molecule has 0 saturated carbocycles. The highest BCUT2D eigenvalue weighted by Crippen LogP contribution is 2.41. The highest BCUT2D eigenvalue weighted by atomic mass is 16.2. The molecule has 3 nitrogen and oxygen atoms in total. The number of benzene rings is 2. The number of aliphatic imine (C=N–C) groups is 1. The summed E-state index contributed by atoms with van der Waals surface area (Å²) in [5.74, 6) is 0.0825. The number of hydrogen-bond acceptors (Lipinski definition) is 3. The maximum Gasteiger partial charge on any atom is 0.171 e. The van der Waals surface area contributed by atoms with Crippen LogP contribution in [0.4, 0.5) is 0 Å². The van der Waals surface area contributed by atoms with Gasteiger partial charge in [0.15, 0.2) is 11.6 Å². The van der Waals surface area contributed by atoms with E-state index in [2.05, 4.69) is 63.0 Å². The van der Waals surface area contributed by atoms with E-state index in [0.717, 1.165) is 48.1 Å². The van der Waals surface area contributed by atoms with Crippen LogP contribution in [0.1, 0.15) is 96.3 Å². The van der Waals surface area contributed by atoms with E-state index in [1.807, 2.05) is 57.2 Å². The van der Waals surface area contributed by atoms with Crippen molar-refractivity contribution in [2.24, 2.45) is 10.9 Å². The first kappa shape index (κ1) is 30.9. The van der Waals surface area contributed by atoms with E-state index in [1.165, 1.54) is 5.56 Å². The normalized spacial score (nSPS) is 15.4. The Morgan fingerprint density at radius 1 is 0.921 bits per heavy atom. The van der Waals surface area contributed by atoms with Crippen LogP contribution < -0.4 is 0 Å². The van der Waals surface area contributed by atoms with Gasteiger partial charge in [-0.15, -0.1) is 0 Å². The van der Waals surface area contributed by atoms with Crippen molar-refractivity contribution in [3.8, 4) is 0 Å². The van der Waals surface area contributed by atoms with Crippen LogP contribution >= 0.6 is 0 Å². The molecule has 0 aromatic heterocycles. The Morgan fingerprint density at radius 3 is 2.16 bits per heavy atom. The second kappa shape index (κ2) is 15.8. The molecular formula is C35H45NO2. The second-order valence-electron chi connectivity index (χ2n) is 10.3. The number of nitrogens with zero attached hydrogens (tertiary/aromatic N) is 1. The van der Waals surface area contributed by atoms with Gasteiger partial charge >= 0.3 is 0 Å². The lowest BCUT2D eigenvalue weighted by Gasteiger charge is -2.23. The molecule has 2 atom stereocenters. The zero-order valence-electron chi connectivity index (χ0n) is 24.4. The molecular weight excluding hydrogens is 466 g/mol. The third kappa shape index (κ3) is 8.62. The third-order valence-corrected chi connectivity index (χ3v) is 7.04. The molecule has 1 unspecified atom stereocenters. The molecule has 0 radical (unpaired) electrons. The fraction of sp³-hybridized carbons (Fsp3) is 0.400. The van der Waals surface area contributed by atoms with Gasteiger partial charge in [0.1, 0.15) is 0 Å². The van der Waals surface area contributed by atoms with E-state index < -0.39 is 0 Å². The average molecular weight is 512 g/mol. The predicted molar refractivity (Wildman–Crippen MR) is 163 cm³/mol. The summed E-state index contributed by atoms with van der Waals surface area (Å²) in [5, 5.41) is 0. The molecule has 0 bridgehead atoms. The van der Waals surface area contributed by atoms with Crippen LogP contribution in [0.5, 0.6) is 0 Å². The van der Waals surface area contributed by atoms with Crippen LogP contribution in [0.2, 0.25) is 0 Å². The smallest absolute Gasteiger partial charge is 0.171 e. The molecule has 2 aromatic carbocycles. The monoisotopic (exact) mass is 511 g/mol. The van der Waals surface area contributed by atoms with Gasteiger partial charge in [0, 0.05) is 23.1 Å². The van der Waals surface area contributed by atoms with Crippen LogP contribution in [0.3, 0.4) is 0 Å². The van der Waals surface area contributed by atoms with Gasteiger partial charge in [-0.3, -0.25) is 14.6 Å². The van der Waals surface area contributed by atoms with Gasteiger partial charge in [-0.1, -0.05) is 100 Å². The largest absolute Gasteiger partial charge is 0.294 e. The molecule has 0 saturated heterocycles. The molecule has 38 heavy (non-hydrogen) atoms. The van der Waals surface area contributed by atoms with E-state index in [4.69, 9.17) is 0 Å². The lowest BCUT2D eigenvalue weighted by atomic mass is 9.80. The van der Waals surface area contributed by atoms with Crippen LogP contribution in [0.15, 0.2) is 89.1 Å². The summed E-state index contributed by atoms with van der Waals surface area (Å²) in [6.45, 7) is 14.4. The summed E-state index contributed by atoms with van der Waals surface area (Å²) in [4.78, 5) is 30.2. The molecule has 0 fully saturated rings. The number of hydrogen-bond donors (Lipinski definition) is 0. The van der Waals surface area contributed by atoms with Gasteiger partial charge in [-0.05, 0) is 74.6 Å². The van der Waals surface area contributed by atoms with E-state index in [1.54, 1.807) is 6.20 Å². The van der Waals surface area contributed by atoms with Crippen molar-refractivity contribution in [3.63, 3.8) is 0 Å². The maximum atomic E-state index is 13.2. The Labute approximate surface area is 230 Å². The summed E-state index contributed by atoms with van der Waals surface area (Å²) in [7, 11) is 0. The highest BCUT2D eigenvalue weighted by molar-refractivity contribution is 6.29. The zero-order valence-corrected chi connectivity index (χ0v) is 24.4. The second-order valence-corrected chi connectivity index (χ2v) is 10.3. The fourth-order valence-electron chi connectivity index (χ4n) is 4.78. The van der Waals surface area contributed by atoms with Gasteiger partial charge in [-0.25, -0.2) is 0 Å². The molecule has 0 heterocycles. The highest BCUT2D eigenvalue weighted by Gasteiger charge is 2.37. The van der Waals surface area contributed by atoms with E-state index in [0.29, 0.717) is 11.1 Å². The number of aryl methyl sites for hydroxylation is 1. The van der Waals surface area contributed by atoms with Gasteiger partial charge < -0.3 is 0 Å². The SMILES string of the molecule is C/C=C\N=C(C)C.CCCCC/C=C(/C1=C(C(C)[C@H](C)c2ccccc2)C(=O)CC1=O)c1ccccc1C. The number of Topliss-reactive ketones (excluding diaryl/α,β-unsaturated/α-hetero) is 2. The number of allylic oxidation sites excluding steroid dienone is 5. The molecule has 1 aliphatic carbocycles. The summed E-state index contributed by atoms with van der Waals surface area (Å²) < 4.78 is 0. The summed E-state index contributed by atoms with van der Waals surface area (Å²) in [6, 6.07) is 18.5. The Kier molecular flexibility index (Phi) is 12.9. The van der Waals surface area contributed by atoms with Crippen molar-refractivity contribution in [3.05, 3.63) is 101 Å². The Balaban J connectivity index is 0.000000638. The molecule has 3 rings (SSSR count). The van der Waals surface area contributed by atoms with Crippen molar-refractivity contribution in [2.45, 2.75) is 86.5 Å². The quantitative estimate of drug-likeness (QED) is 0.181. The third-order valence-electron chi connectivity index (χ3n) is 7.04. The molecule has 2 aromatic rings.